The molecule has 110 valence electrons. The summed E-state index contributed by atoms with van der Waals surface area (Å²) in [6, 6.07) is 6.12. The highest BCUT2D eigenvalue weighted by molar-refractivity contribution is 6.31. The molecule has 0 unspecified atom stereocenters. The molecule has 5 nitrogen and oxygen atoms in total. The van der Waals surface area contributed by atoms with Crippen LogP contribution in [0.4, 0.5) is 4.79 Å². The van der Waals surface area contributed by atoms with Gasteiger partial charge < -0.3 is 15.4 Å². The molecule has 6 heteroatoms. The SMILES string of the molecule is COC(=O)[C@@H](NC(=O)NCc1ccccc1Cl)C(C)C. The third-order valence-corrected chi connectivity index (χ3v) is 3.17. The molecule has 2 N–H and O–H groups in total. The van der Waals surface area contributed by atoms with Gasteiger partial charge in [0.1, 0.15) is 6.04 Å². The summed E-state index contributed by atoms with van der Waals surface area (Å²) >= 11 is 5.99. The predicted octanol–water partition coefficient (Wildman–Crippen LogP) is 2.34. The standard InChI is InChI=1S/C14H19ClN2O3/c1-9(2)12(13(18)20-3)17-14(19)16-8-10-6-4-5-7-11(10)15/h4-7,9,12H,8H2,1-3H3,(H2,16,17,19)/t12-/m0/s1. The van der Waals surface area contributed by atoms with E-state index in [9.17, 15) is 9.59 Å². The molecule has 0 aromatic heterocycles. The van der Waals surface area contributed by atoms with Crippen molar-refractivity contribution in [3.63, 3.8) is 0 Å². The van der Waals surface area contributed by atoms with Gasteiger partial charge in [-0.3, -0.25) is 0 Å². The van der Waals surface area contributed by atoms with Crippen LogP contribution in [-0.2, 0) is 16.1 Å². The van der Waals surface area contributed by atoms with Gasteiger partial charge in [-0.1, -0.05) is 43.6 Å². The quantitative estimate of drug-likeness (QED) is 0.820. The largest absolute Gasteiger partial charge is 0.467 e. The molecule has 0 heterocycles. The lowest BCUT2D eigenvalue weighted by Gasteiger charge is -2.20. The average molecular weight is 299 g/mol. The number of nitrogens with one attached hydrogen (secondary N) is 2. The summed E-state index contributed by atoms with van der Waals surface area (Å²) in [6.07, 6.45) is 0. The van der Waals surface area contributed by atoms with Crippen molar-refractivity contribution in [1.29, 1.82) is 0 Å². The highest BCUT2D eigenvalue weighted by Gasteiger charge is 2.24. The van der Waals surface area contributed by atoms with E-state index in [1.54, 1.807) is 6.07 Å². The van der Waals surface area contributed by atoms with Crippen LogP contribution >= 0.6 is 11.6 Å². The van der Waals surface area contributed by atoms with E-state index in [0.717, 1.165) is 5.56 Å². The molecule has 0 saturated heterocycles. The van der Waals surface area contributed by atoms with Crippen molar-refractivity contribution >= 4 is 23.6 Å². The van der Waals surface area contributed by atoms with Crippen molar-refractivity contribution in [2.24, 2.45) is 5.92 Å². The van der Waals surface area contributed by atoms with E-state index in [1.165, 1.54) is 7.11 Å². The van der Waals surface area contributed by atoms with Crippen LogP contribution in [0.25, 0.3) is 0 Å². The molecule has 2 amide bonds. The Morgan fingerprint density at radius 2 is 1.95 bits per heavy atom. The van der Waals surface area contributed by atoms with E-state index >= 15 is 0 Å². The molecule has 1 atom stereocenters. The summed E-state index contributed by atoms with van der Waals surface area (Å²) in [5.41, 5.74) is 0.809. The minimum absolute atomic E-state index is 0.0616. The zero-order chi connectivity index (χ0) is 15.1. The summed E-state index contributed by atoms with van der Waals surface area (Å²) in [5, 5.41) is 5.84. The minimum atomic E-state index is -0.675. The summed E-state index contributed by atoms with van der Waals surface area (Å²) in [5.74, 6) is -0.526. The molecular formula is C14H19ClN2O3. The molecule has 0 spiro atoms. The number of ether oxygens (including phenoxy) is 1. The fourth-order valence-electron chi connectivity index (χ4n) is 1.63. The Morgan fingerprint density at radius 1 is 1.30 bits per heavy atom. The lowest BCUT2D eigenvalue weighted by Crippen LogP contribution is -2.48. The first kappa shape index (κ1) is 16.3. The Morgan fingerprint density at radius 3 is 2.50 bits per heavy atom. The van der Waals surface area contributed by atoms with Crippen LogP contribution < -0.4 is 10.6 Å². The molecular weight excluding hydrogens is 280 g/mol. The monoisotopic (exact) mass is 298 g/mol. The molecule has 0 aliphatic carbocycles. The summed E-state index contributed by atoms with van der Waals surface area (Å²) in [6.45, 7) is 3.95. The third kappa shape index (κ3) is 4.74. The average Bonchev–Trinajstić information content (AvgIpc) is 2.42. The van der Waals surface area contributed by atoms with Gasteiger partial charge in [-0.25, -0.2) is 9.59 Å². The van der Waals surface area contributed by atoms with Crippen LogP contribution in [-0.4, -0.2) is 25.2 Å². The number of halogens is 1. The van der Waals surface area contributed by atoms with Crippen LogP contribution in [0.2, 0.25) is 5.02 Å². The van der Waals surface area contributed by atoms with Gasteiger partial charge in [0.15, 0.2) is 0 Å². The lowest BCUT2D eigenvalue weighted by atomic mass is 10.1. The zero-order valence-electron chi connectivity index (χ0n) is 11.8. The number of methoxy groups -OCH3 is 1. The van der Waals surface area contributed by atoms with Gasteiger partial charge in [0.05, 0.1) is 7.11 Å². The van der Waals surface area contributed by atoms with Gasteiger partial charge in [-0.15, -0.1) is 0 Å². The van der Waals surface area contributed by atoms with Crippen LogP contribution in [0.3, 0.4) is 0 Å². The molecule has 1 rings (SSSR count). The first-order chi connectivity index (χ1) is 9.45. The fourth-order valence-corrected chi connectivity index (χ4v) is 1.84. The van der Waals surface area contributed by atoms with Crippen molar-refractivity contribution in [1.82, 2.24) is 10.6 Å². The van der Waals surface area contributed by atoms with E-state index in [4.69, 9.17) is 11.6 Å². The normalized spacial score (nSPS) is 11.8. The summed E-state index contributed by atoms with van der Waals surface area (Å²) < 4.78 is 4.65. The maximum absolute atomic E-state index is 11.8. The van der Waals surface area contributed by atoms with Gasteiger partial charge in [0, 0.05) is 11.6 Å². The Bertz CT molecular complexity index is 477. The van der Waals surface area contributed by atoms with Crippen LogP contribution in [0.5, 0.6) is 0 Å². The maximum atomic E-state index is 11.8. The molecule has 0 fully saturated rings. The van der Waals surface area contributed by atoms with E-state index in [1.807, 2.05) is 32.0 Å². The third-order valence-electron chi connectivity index (χ3n) is 2.81. The number of benzene rings is 1. The molecule has 0 aliphatic heterocycles. The maximum Gasteiger partial charge on any atom is 0.328 e. The smallest absolute Gasteiger partial charge is 0.328 e. The van der Waals surface area contributed by atoms with E-state index in [2.05, 4.69) is 15.4 Å². The van der Waals surface area contributed by atoms with E-state index < -0.39 is 18.0 Å². The number of hydrogen-bond acceptors (Lipinski definition) is 3. The molecule has 0 radical (unpaired) electrons. The Balaban J connectivity index is 2.55. The van der Waals surface area contributed by atoms with Crippen molar-refractivity contribution in [2.45, 2.75) is 26.4 Å². The van der Waals surface area contributed by atoms with E-state index in [0.29, 0.717) is 5.02 Å². The molecule has 1 aromatic rings. The number of hydrogen-bond donors (Lipinski definition) is 2. The Hall–Kier alpha value is -1.75. The number of carbonyl (C=O) groups excluding carboxylic acids is 2. The van der Waals surface area contributed by atoms with Crippen LogP contribution in [0, 0.1) is 5.92 Å². The van der Waals surface area contributed by atoms with Crippen LogP contribution in [0.1, 0.15) is 19.4 Å². The van der Waals surface area contributed by atoms with Crippen molar-refractivity contribution < 1.29 is 14.3 Å². The highest BCUT2D eigenvalue weighted by atomic mass is 35.5. The number of esters is 1. The second kappa shape index (κ2) is 7.75. The number of carbonyl (C=O) groups is 2. The van der Waals surface area contributed by atoms with Crippen LogP contribution in [0.15, 0.2) is 24.3 Å². The Kier molecular flexibility index (Phi) is 6.31. The molecule has 0 saturated carbocycles. The van der Waals surface area contributed by atoms with Gasteiger partial charge in [0.25, 0.3) is 0 Å². The molecule has 20 heavy (non-hydrogen) atoms. The number of urea groups is 1. The summed E-state index contributed by atoms with van der Waals surface area (Å²) in [4.78, 5) is 23.3. The van der Waals surface area contributed by atoms with Crippen molar-refractivity contribution in [3.05, 3.63) is 34.9 Å². The molecule has 0 bridgehead atoms. The predicted molar refractivity (Wildman–Crippen MR) is 77.5 cm³/mol. The lowest BCUT2D eigenvalue weighted by molar-refractivity contribution is -0.143. The summed E-state index contributed by atoms with van der Waals surface area (Å²) in [7, 11) is 1.29. The highest BCUT2D eigenvalue weighted by Crippen LogP contribution is 2.14. The van der Waals surface area contributed by atoms with Gasteiger partial charge in [-0.05, 0) is 17.5 Å². The first-order valence-electron chi connectivity index (χ1n) is 6.31. The van der Waals surface area contributed by atoms with Gasteiger partial charge in [-0.2, -0.15) is 0 Å². The number of rotatable bonds is 5. The first-order valence-corrected chi connectivity index (χ1v) is 6.69. The van der Waals surface area contributed by atoms with E-state index in [-0.39, 0.29) is 12.5 Å². The van der Waals surface area contributed by atoms with Gasteiger partial charge in [0.2, 0.25) is 0 Å². The van der Waals surface area contributed by atoms with Gasteiger partial charge >= 0.3 is 12.0 Å². The second-order valence-electron chi connectivity index (χ2n) is 4.66. The second-order valence-corrected chi connectivity index (χ2v) is 5.07. The topological polar surface area (TPSA) is 67.4 Å². The molecule has 0 aliphatic rings. The fraction of sp³-hybridized carbons (Fsp3) is 0.429. The molecule has 1 aromatic carbocycles. The number of amides is 2. The Labute approximate surface area is 123 Å². The van der Waals surface area contributed by atoms with Crippen molar-refractivity contribution in [3.8, 4) is 0 Å². The van der Waals surface area contributed by atoms with Crippen molar-refractivity contribution in [2.75, 3.05) is 7.11 Å². The zero-order valence-corrected chi connectivity index (χ0v) is 12.5. The minimum Gasteiger partial charge on any atom is -0.467 e.